The van der Waals surface area contributed by atoms with Gasteiger partial charge in [-0.3, -0.25) is 0 Å². The summed E-state index contributed by atoms with van der Waals surface area (Å²) in [6, 6.07) is 5.27. The van der Waals surface area contributed by atoms with Gasteiger partial charge in [0.2, 0.25) is 0 Å². The van der Waals surface area contributed by atoms with Crippen molar-refractivity contribution < 1.29 is 4.39 Å². The zero-order valence-electron chi connectivity index (χ0n) is 12.7. The molecule has 1 aromatic heterocycles. The molecule has 1 heterocycles. The quantitative estimate of drug-likeness (QED) is 0.721. The molecule has 1 atom stereocenters. The average molecular weight is 309 g/mol. The van der Waals surface area contributed by atoms with Gasteiger partial charge in [-0.15, -0.1) is 11.6 Å². The fourth-order valence-electron chi connectivity index (χ4n) is 3.66. The largest absolute Gasteiger partial charge is 0.325 e. The summed E-state index contributed by atoms with van der Waals surface area (Å²) in [7, 11) is 0. The van der Waals surface area contributed by atoms with Crippen molar-refractivity contribution in [2.75, 3.05) is 5.88 Å². The van der Waals surface area contributed by atoms with Crippen molar-refractivity contribution >= 4 is 22.6 Å². The Balaban J connectivity index is 2.09. The van der Waals surface area contributed by atoms with Crippen LogP contribution in [-0.4, -0.2) is 15.4 Å². The molecule has 0 saturated heterocycles. The number of hydrogen-bond donors (Lipinski definition) is 0. The molecular weight excluding hydrogens is 287 g/mol. The van der Waals surface area contributed by atoms with Crippen molar-refractivity contribution in [3.05, 3.63) is 29.8 Å². The summed E-state index contributed by atoms with van der Waals surface area (Å²) in [5.74, 6) is 1.34. The van der Waals surface area contributed by atoms with Crippen LogP contribution in [0.5, 0.6) is 0 Å². The number of aromatic nitrogens is 2. The number of halogens is 2. The van der Waals surface area contributed by atoms with Gasteiger partial charge in [0.15, 0.2) is 0 Å². The Bertz CT molecular complexity index is 648. The van der Waals surface area contributed by atoms with Crippen LogP contribution in [0.2, 0.25) is 0 Å². The molecule has 1 fully saturated rings. The highest BCUT2D eigenvalue weighted by atomic mass is 35.5. The number of hydrogen-bond acceptors (Lipinski definition) is 1. The van der Waals surface area contributed by atoms with E-state index in [1.54, 1.807) is 12.1 Å². The SMILES string of the molecule is CC1(C)CCCC(n2c(CCCl)nc3ccc(F)cc32)C1. The lowest BCUT2D eigenvalue weighted by atomic mass is 9.75. The third-order valence-corrected chi connectivity index (χ3v) is 4.78. The standard InChI is InChI=1S/C17H22ClFN2/c1-17(2)8-3-4-13(11-17)21-15-10-12(19)5-6-14(15)20-16(21)7-9-18/h5-6,10,13H,3-4,7-9,11H2,1-2H3. The molecule has 2 nitrogen and oxygen atoms in total. The minimum Gasteiger partial charge on any atom is -0.325 e. The molecule has 0 N–H and O–H groups in total. The van der Waals surface area contributed by atoms with Crippen LogP contribution in [0.15, 0.2) is 18.2 Å². The first kappa shape index (κ1) is 14.8. The van der Waals surface area contributed by atoms with E-state index in [-0.39, 0.29) is 5.82 Å². The molecular formula is C17H22ClFN2. The Morgan fingerprint density at radius 1 is 1.43 bits per heavy atom. The Labute approximate surface area is 130 Å². The van der Waals surface area contributed by atoms with Gasteiger partial charge in [0, 0.05) is 18.3 Å². The van der Waals surface area contributed by atoms with Crippen LogP contribution in [0.3, 0.4) is 0 Å². The van der Waals surface area contributed by atoms with Crippen LogP contribution >= 0.6 is 11.6 Å². The van der Waals surface area contributed by atoms with Crippen LogP contribution in [-0.2, 0) is 6.42 Å². The highest BCUT2D eigenvalue weighted by Gasteiger charge is 2.31. The molecule has 0 radical (unpaired) electrons. The molecule has 0 aliphatic heterocycles. The van der Waals surface area contributed by atoms with Crippen LogP contribution in [0.4, 0.5) is 4.39 Å². The van der Waals surface area contributed by atoms with E-state index in [2.05, 4.69) is 23.4 Å². The summed E-state index contributed by atoms with van der Waals surface area (Å²) in [6.07, 6.45) is 5.46. The maximum atomic E-state index is 13.7. The molecule has 1 aromatic carbocycles. The van der Waals surface area contributed by atoms with Crippen molar-refractivity contribution in [3.63, 3.8) is 0 Å². The smallest absolute Gasteiger partial charge is 0.125 e. The highest BCUT2D eigenvalue weighted by Crippen LogP contribution is 2.42. The second-order valence-corrected chi connectivity index (χ2v) is 7.26. The predicted octanol–water partition coefficient (Wildman–Crippen LogP) is 5.10. The monoisotopic (exact) mass is 308 g/mol. The van der Waals surface area contributed by atoms with Crippen molar-refractivity contribution in [1.82, 2.24) is 9.55 Å². The fourth-order valence-corrected chi connectivity index (χ4v) is 3.83. The van der Waals surface area contributed by atoms with Gasteiger partial charge in [0.1, 0.15) is 11.6 Å². The zero-order valence-corrected chi connectivity index (χ0v) is 13.5. The lowest BCUT2D eigenvalue weighted by molar-refractivity contribution is 0.184. The molecule has 114 valence electrons. The first-order valence-corrected chi connectivity index (χ1v) is 8.26. The number of benzene rings is 1. The molecule has 3 rings (SSSR count). The average Bonchev–Trinajstić information content (AvgIpc) is 2.75. The lowest BCUT2D eigenvalue weighted by Gasteiger charge is -2.36. The van der Waals surface area contributed by atoms with Gasteiger partial charge >= 0.3 is 0 Å². The van der Waals surface area contributed by atoms with Gasteiger partial charge < -0.3 is 4.57 Å². The molecule has 0 bridgehead atoms. The molecule has 1 saturated carbocycles. The minimum absolute atomic E-state index is 0.198. The Hall–Kier alpha value is -1.09. The van der Waals surface area contributed by atoms with Gasteiger partial charge in [-0.25, -0.2) is 9.37 Å². The van der Waals surface area contributed by atoms with Crippen molar-refractivity contribution in [1.29, 1.82) is 0 Å². The van der Waals surface area contributed by atoms with E-state index < -0.39 is 0 Å². The molecule has 21 heavy (non-hydrogen) atoms. The fraction of sp³-hybridized carbons (Fsp3) is 0.588. The molecule has 1 aliphatic carbocycles. The lowest BCUT2D eigenvalue weighted by Crippen LogP contribution is -2.26. The molecule has 1 unspecified atom stereocenters. The summed E-state index contributed by atoms with van der Waals surface area (Å²) in [4.78, 5) is 4.68. The van der Waals surface area contributed by atoms with Gasteiger partial charge in [-0.1, -0.05) is 20.3 Å². The van der Waals surface area contributed by atoms with Gasteiger partial charge in [0.25, 0.3) is 0 Å². The number of fused-ring (bicyclic) bond motifs is 1. The summed E-state index contributed by atoms with van der Waals surface area (Å²) < 4.78 is 15.9. The van der Waals surface area contributed by atoms with Gasteiger partial charge in [-0.2, -0.15) is 0 Å². The minimum atomic E-state index is -0.198. The van der Waals surface area contributed by atoms with Crippen LogP contribution in [0, 0.1) is 11.2 Å². The molecule has 0 spiro atoms. The van der Waals surface area contributed by atoms with Crippen molar-refractivity contribution in [2.24, 2.45) is 5.41 Å². The topological polar surface area (TPSA) is 17.8 Å². The van der Waals surface area contributed by atoms with E-state index in [0.29, 0.717) is 17.3 Å². The van der Waals surface area contributed by atoms with E-state index in [4.69, 9.17) is 11.6 Å². The number of alkyl halides is 1. The first-order chi connectivity index (χ1) is 10.00. The Morgan fingerprint density at radius 2 is 2.24 bits per heavy atom. The third kappa shape index (κ3) is 2.94. The van der Waals surface area contributed by atoms with E-state index in [9.17, 15) is 4.39 Å². The van der Waals surface area contributed by atoms with Crippen molar-refractivity contribution in [2.45, 2.75) is 52.0 Å². The molecule has 0 amide bonds. The highest BCUT2D eigenvalue weighted by molar-refractivity contribution is 6.17. The van der Waals surface area contributed by atoms with Gasteiger partial charge in [-0.05, 0) is 42.9 Å². The Morgan fingerprint density at radius 3 is 2.95 bits per heavy atom. The second-order valence-electron chi connectivity index (χ2n) is 6.88. The number of rotatable bonds is 3. The summed E-state index contributed by atoms with van der Waals surface area (Å²) in [5.41, 5.74) is 2.13. The molecule has 4 heteroatoms. The maximum absolute atomic E-state index is 13.7. The van der Waals surface area contributed by atoms with Crippen LogP contribution in [0.1, 0.15) is 51.4 Å². The number of aryl methyl sites for hydroxylation is 1. The van der Waals surface area contributed by atoms with E-state index in [1.165, 1.54) is 18.9 Å². The maximum Gasteiger partial charge on any atom is 0.125 e. The van der Waals surface area contributed by atoms with E-state index in [1.807, 2.05) is 0 Å². The molecule has 1 aliphatic rings. The van der Waals surface area contributed by atoms with Crippen LogP contribution in [0.25, 0.3) is 11.0 Å². The Kier molecular flexibility index (Phi) is 3.96. The van der Waals surface area contributed by atoms with Gasteiger partial charge in [0.05, 0.1) is 11.0 Å². The predicted molar refractivity (Wildman–Crippen MR) is 85.4 cm³/mol. The zero-order chi connectivity index (χ0) is 15.0. The van der Waals surface area contributed by atoms with Crippen molar-refractivity contribution in [3.8, 4) is 0 Å². The second kappa shape index (κ2) is 5.60. The van der Waals surface area contributed by atoms with E-state index >= 15 is 0 Å². The van der Waals surface area contributed by atoms with Crippen LogP contribution < -0.4 is 0 Å². The number of nitrogens with zero attached hydrogens (tertiary/aromatic N) is 2. The third-order valence-electron chi connectivity index (χ3n) is 4.59. The summed E-state index contributed by atoms with van der Waals surface area (Å²) >= 11 is 5.93. The first-order valence-electron chi connectivity index (χ1n) is 7.72. The summed E-state index contributed by atoms with van der Waals surface area (Å²) in [6.45, 7) is 4.64. The normalized spacial score (nSPS) is 21.8. The summed E-state index contributed by atoms with van der Waals surface area (Å²) in [5, 5.41) is 0. The molecule has 2 aromatic rings. The van der Waals surface area contributed by atoms with E-state index in [0.717, 1.165) is 36.1 Å². The number of imidazole rings is 1.